The van der Waals surface area contributed by atoms with Crippen LogP contribution in [0.4, 0.5) is 4.39 Å². The lowest BCUT2D eigenvalue weighted by Crippen LogP contribution is -1.89. The normalized spacial score (nSPS) is 9.36. The molecule has 2 N–H and O–H groups in total. The molecule has 74 valence electrons. The van der Waals surface area contributed by atoms with Crippen LogP contribution in [0.2, 0.25) is 0 Å². The van der Waals surface area contributed by atoms with Crippen LogP contribution in [0.15, 0.2) is 18.2 Å². The first kappa shape index (κ1) is 10.7. The van der Waals surface area contributed by atoms with Gasteiger partial charge in [-0.3, -0.25) is 0 Å². The van der Waals surface area contributed by atoms with Crippen LogP contribution in [-0.2, 0) is 6.61 Å². The molecule has 0 aliphatic carbocycles. The van der Waals surface area contributed by atoms with E-state index in [1.165, 1.54) is 12.1 Å². The number of hydrogen-bond acceptors (Lipinski definition) is 2. The zero-order valence-electron chi connectivity index (χ0n) is 7.63. The average molecular weight is 194 g/mol. The Kier molecular flexibility index (Phi) is 4.11. The molecule has 0 fully saturated rings. The van der Waals surface area contributed by atoms with E-state index in [4.69, 9.17) is 10.2 Å². The fourth-order valence-electron chi connectivity index (χ4n) is 0.972. The molecule has 0 aliphatic heterocycles. The van der Waals surface area contributed by atoms with Crippen LogP contribution in [0.3, 0.4) is 0 Å². The predicted octanol–water partition coefficient (Wildman–Crippen LogP) is 1.05. The Morgan fingerprint density at radius 3 is 2.64 bits per heavy atom. The van der Waals surface area contributed by atoms with Crippen molar-refractivity contribution in [2.45, 2.75) is 13.0 Å². The van der Waals surface area contributed by atoms with Crippen molar-refractivity contribution in [3.63, 3.8) is 0 Å². The van der Waals surface area contributed by atoms with Crippen molar-refractivity contribution in [2.75, 3.05) is 6.61 Å². The van der Waals surface area contributed by atoms with E-state index in [1.54, 1.807) is 6.07 Å². The van der Waals surface area contributed by atoms with E-state index in [0.29, 0.717) is 12.0 Å². The molecule has 0 amide bonds. The number of halogens is 1. The molecule has 0 aliphatic rings. The summed E-state index contributed by atoms with van der Waals surface area (Å²) in [4.78, 5) is 0. The standard InChI is InChI=1S/C11H11FO2/c12-11-7-9(8-14)4-5-10(11)3-1-2-6-13/h4-5,7,13-14H,2,6,8H2. The molecule has 0 heterocycles. The quantitative estimate of drug-likeness (QED) is 0.691. The van der Waals surface area contributed by atoms with Crippen LogP contribution in [0, 0.1) is 17.7 Å². The van der Waals surface area contributed by atoms with Gasteiger partial charge in [0.2, 0.25) is 0 Å². The molecule has 3 heteroatoms. The van der Waals surface area contributed by atoms with Gasteiger partial charge in [-0.1, -0.05) is 17.9 Å². The Morgan fingerprint density at radius 1 is 1.29 bits per heavy atom. The Bertz CT molecular complexity index is 363. The van der Waals surface area contributed by atoms with Gasteiger partial charge in [0.1, 0.15) is 5.82 Å². The Hall–Kier alpha value is -1.37. The first-order valence-electron chi connectivity index (χ1n) is 4.27. The van der Waals surface area contributed by atoms with E-state index >= 15 is 0 Å². The van der Waals surface area contributed by atoms with E-state index in [-0.39, 0.29) is 18.8 Å². The van der Waals surface area contributed by atoms with E-state index < -0.39 is 5.82 Å². The second-order valence-electron chi connectivity index (χ2n) is 2.75. The lowest BCUT2D eigenvalue weighted by atomic mass is 10.1. The predicted molar refractivity (Wildman–Crippen MR) is 50.9 cm³/mol. The van der Waals surface area contributed by atoms with Gasteiger partial charge in [0.05, 0.1) is 18.8 Å². The molecular formula is C11H11FO2. The van der Waals surface area contributed by atoms with Gasteiger partial charge in [0.15, 0.2) is 0 Å². The molecule has 0 atom stereocenters. The van der Waals surface area contributed by atoms with Crippen LogP contribution in [-0.4, -0.2) is 16.8 Å². The molecule has 0 aromatic heterocycles. The average Bonchev–Trinajstić information content (AvgIpc) is 2.20. The highest BCUT2D eigenvalue weighted by atomic mass is 19.1. The minimum absolute atomic E-state index is 0.0245. The summed E-state index contributed by atoms with van der Waals surface area (Å²) in [5.74, 6) is 4.78. The number of rotatable bonds is 2. The third kappa shape index (κ3) is 2.84. The summed E-state index contributed by atoms with van der Waals surface area (Å²) in [6, 6.07) is 4.39. The second-order valence-corrected chi connectivity index (χ2v) is 2.75. The number of aliphatic hydroxyl groups is 2. The Morgan fingerprint density at radius 2 is 2.07 bits per heavy atom. The van der Waals surface area contributed by atoms with Crippen LogP contribution < -0.4 is 0 Å². The fourth-order valence-corrected chi connectivity index (χ4v) is 0.972. The molecule has 1 aromatic rings. The molecule has 0 unspecified atom stereocenters. The highest BCUT2D eigenvalue weighted by Crippen LogP contribution is 2.09. The molecular weight excluding hydrogens is 183 g/mol. The minimum Gasteiger partial charge on any atom is -0.395 e. The summed E-state index contributed by atoms with van der Waals surface area (Å²) >= 11 is 0. The van der Waals surface area contributed by atoms with Gasteiger partial charge in [-0.2, -0.15) is 0 Å². The first-order chi connectivity index (χ1) is 6.77. The zero-order chi connectivity index (χ0) is 10.4. The maximum absolute atomic E-state index is 13.2. The van der Waals surface area contributed by atoms with Gasteiger partial charge in [-0.15, -0.1) is 0 Å². The first-order valence-corrected chi connectivity index (χ1v) is 4.27. The Balaban J connectivity index is 2.85. The van der Waals surface area contributed by atoms with Crippen molar-refractivity contribution in [1.29, 1.82) is 0 Å². The van der Waals surface area contributed by atoms with Crippen molar-refractivity contribution >= 4 is 0 Å². The van der Waals surface area contributed by atoms with Gasteiger partial charge < -0.3 is 10.2 Å². The zero-order valence-corrected chi connectivity index (χ0v) is 7.63. The minimum atomic E-state index is -0.443. The summed E-state index contributed by atoms with van der Waals surface area (Å²) < 4.78 is 13.2. The van der Waals surface area contributed by atoms with Crippen molar-refractivity contribution in [2.24, 2.45) is 0 Å². The maximum Gasteiger partial charge on any atom is 0.139 e. The molecule has 0 radical (unpaired) electrons. The van der Waals surface area contributed by atoms with Crippen molar-refractivity contribution < 1.29 is 14.6 Å². The molecule has 0 bridgehead atoms. The molecule has 0 saturated carbocycles. The summed E-state index contributed by atoms with van der Waals surface area (Å²) in [5.41, 5.74) is 0.811. The highest BCUT2D eigenvalue weighted by Gasteiger charge is 1.99. The monoisotopic (exact) mass is 194 g/mol. The third-order valence-corrected chi connectivity index (χ3v) is 1.68. The van der Waals surface area contributed by atoms with Crippen molar-refractivity contribution in [1.82, 2.24) is 0 Å². The maximum atomic E-state index is 13.2. The van der Waals surface area contributed by atoms with Crippen LogP contribution >= 0.6 is 0 Å². The third-order valence-electron chi connectivity index (χ3n) is 1.68. The van der Waals surface area contributed by atoms with Gasteiger partial charge in [-0.25, -0.2) is 4.39 Å². The summed E-state index contributed by atoms with van der Waals surface area (Å²) in [5, 5.41) is 17.2. The van der Waals surface area contributed by atoms with Gasteiger partial charge >= 0.3 is 0 Å². The smallest absolute Gasteiger partial charge is 0.139 e. The van der Waals surface area contributed by atoms with Gasteiger partial charge in [-0.05, 0) is 17.7 Å². The largest absolute Gasteiger partial charge is 0.395 e. The van der Waals surface area contributed by atoms with Gasteiger partial charge in [0.25, 0.3) is 0 Å². The summed E-state index contributed by atoms with van der Waals surface area (Å²) in [6.07, 6.45) is 0.335. The van der Waals surface area contributed by atoms with Crippen LogP contribution in [0.25, 0.3) is 0 Å². The summed E-state index contributed by atoms with van der Waals surface area (Å²) in [7, 11) is 0. The Labute approximate surface area is 82.0 Å². The lowest BCUT2D eigenvalue weighted by Gasteiger charge is -1.97. The highest BCUT2D eigenvalue weighted by molar-refractivity contribution is 5.37. The molecule has 2 nitrogen and oxygen atoms in total. The molecule has 1 aromatic carbocycles. The number of benzene rings is 1. The van der Waals surface area contributed by atoms with E-state index in [0.717, 1.165) is 0 Å². The molecule has 1 rings (SSSR count). The van der Waals surface area contributed by atoms with Crippen LogP contribution in [0.5, 0.6) is 0 Å². The fraction of sp³-hybridized carbons (Fsp3) is 0.273. The second kappa shape index (κ2) is 5.38. The molecule has 0 spiro atoms. The topological polar surface area (TPSA) is 40.5 Å². The van der Waals surface area contributed by atoms with Crippen molar-refractivity contribution in [3.05, 3.63) is 35.1 Å². The van der Waals surface area contributed by atoms with Crippen molar-refractivity contribution in [3.8, 4) is 11.8 Å². The van der Waals surface area contributed by atoms with Crippen LogP contribution in [0.1, 0.15) is 17.5 Å². The summed E-state index contributed by atoms with van der Waals surface area (Å²) in [6.45, 7) is -0.204. The van der Waals surface area contributed by atoms with Gasteiger partial charge in [0, 0.05) is 6.42 Å². The molecule has 14 heavy (non-hydrogen) atoms. The lowest BCUT2D eigenvalue weighted by molar-refractivity contribution is 0.281. The van der Waals surface area contributed by atoms with E-state index in [2.05, 4.69) is 11.8 Å². The SMILES string of the molecule is OCCC#Cc1ccc(CO)cc1F. The number of hydrogen-bond donors (Lipinski definition) is 2. The van der Waals surface area contributed by atoms with E-state index in [1.807, 2.05) is 0 Å². The van der Waals surface area contributed by atoms with E-state index in [9.17, 15) is 4.39 Å². The number of aliphatic hydroxyl groups excluding tert-OH is 2. The molecule has 0 saturated heterocycles.